The first kappa shape index (κ1) is 16.6. The fraction of sp³-hybridized carbons (Fsp3) is 0.500. The summed E-state index contributed by atoms with van der Waals surface area (Å²) in [5, 5.41) is 3.10. The van der Waals surface area contributed by atoms with Gasteiger partial charge in [0.15, 0.2) is 0 Å². The second-order valence-corrected chi connectivity index (χ2v) is 5.73. The van der Waals surface area contributed by atoms with E-state index in [1.54, 1.807) is 13.2 Å². The number of ether oxygens (including phenoxy) is 1. The van der Waals surface area contributed by atoms with E-state index in [2.05, 4.69) is 17.1 Å². The van der Waals surface area contributed by atoms with Gasteiger partial charge in [-0.1, -0.05) is 19.1 Å². The highest BCUT2D eigenvalue weighted by Gasteiger charge is 2.19. The van der Waals surface area contributed by atoms with E-state index in [4.69, 9.17) is 4.74 Å². The topological polar surface area (TPSA) is 41.6 Å². The fourth-order valence-electron chi connectivity index (χ4n) is 2.75. The van der Waals surface area contributed by atoms with Crippen LogP contribution in [0.3, 0.4) is 0 Å². The third-order valence-electron chi connectivity index (χ3n) is 4.02. The first-order valence-corrected chi connectivity index (χ1v) is 8.06. The van der Waals surface area contributed by atoms with Crippen molar-refractivity contribution in [1.82, 2.24) is 10.2 Å². The molecule has 22 heavy (non-hydrogen) atoms. The van der Waals surface area contributed by atoms with Crippen molar-refractivity contribution < 1.29 is 9.53 Å². The SMILES string of the molecule is CCCN1CCC(NC(=O)/C=C/c2ccc(OC)cc2)CC1. The summed E-state index contributed by atoms with van der Waals surface area (Å²) in [7, 11) is 1.64. The highest BCUT2D eigenvalue weighted by atomic mass is 16.5. The number of carbonyl (C=O) groups excluding carboxylic acids is 1. The lowest BCUT2D eigenvalue weighted by atomic mass is 10.0. The van der Waals surface area contributed by atoms with Crippen molar-refractivity contribution >= 4 is 12.0 Å². The van der Waals surface area contributed by atoms with E-state index in [1.807, 2.05) is 30.3 Å². The highest BCUT2D eigenvalue weighted by Crippen LogP contribution is 2.13. The molecule has 0 spiro atoms. The van der Waals surface area contributed by atoms with E-state index in [0.717, 1.165) is 43.8 Å². The van der Waals surface area contributed by atoms with E-state index < -0.39 is 0 Å². The Hall–Kier alpha value is -1.81. The van der Waals surface area contributed by atoms with Gasteiger partial charge in [-0.2, -0.15) is 0 Å². The molecule has 1 aromatic carbocycles. The van der Waals surface area contributed by atoms with Crippen molar-refractivity contribution in [3.63, 3.8) is 0 Å². The van der Waals surface area contributed by atoms with Gasteiger partial charge in [0.2, 0.25) is 5.91 Å². The van der Waals surface area contributed by atoms with Crippen LogP contribution in [0.4, 0.5) is 0 Å². The largest absolute Gasteiger partial charge is 0.497 e. The molecule has 4 nitrogen and oxygen atoms in total. The predicted molar refractivity (Wildman–Crippen MR) is 89.9 cm³/mol. The van der Waals surface area contributed by atoms with Gasteiger partial charge in [0, 0.05) is 25.2 Å². The Morgan fingerprint density at radius 1 is 1.32 bits per heavy atom. The van der Waals surface area contributed by atoms with E-state index in [-0.39, 0.29) is 5.91 Å². The van der Waals surface area contributed by atoms with Gasteiger partial charge in [0.25, 0.3) is 0 Å². The Labute approximate surface area is 133 Å². The molecule has 0 bridgehead atoms. The summed E-state index contributed by atoms with van der Waals surface area (Å²) in [6, 6.07) is 7.96. The van der Waals surface area contributed by atoms with E-state index in [0.29, 0.717) is 6.04 Å². The third kappa shape index (κ3) is 5.19. The number of methoxy groups -OCH3 is 1. The van der Waals surface area contributed by atoms with Gasteiger partial charge < -0.3 is 15.0 Å². The van der Waals surface area contributed by atoms with Crippen LogP contribution < -0.4 is 10.1 Å². The summed E-state index contributed by atoms with van der Waals surface area (Å²) in [6.07, 6.45) is 6.73. The van der Waals surface area contributed by atoms with Crippen LogP contribution in [0.15, 0.2) is 30.3 Å². The van der Waals surface area contributed by atoms with Crippen LogP contribution in [0.25, 0.3) is 6.08 Å². The number of hydrogen-bond acceptors (Lipinski definition) is 3. The van der Waals surface area contributed by atoms with Crippen LogP contribution in [0.5, 0.6) is 5.75 Å². The number of carbonyl (C=O) groups is 1. The molecule has 1 N–H and O–H groups in total. The van der Waals surface area contributed by atoms with Crippen molar-refractivity contribution in [3.05, 3.63) is 35.9 Å². The van der Waals surface area contributed by atoms with Crippen molar-refractivity contribution in [3.8, 4) is 5.75 Å². The molecule has 1 aromatic rings. The fourth-order valence-corrected chi connectivity index (χ4v) is 2.75. The number of piperidine rings is 1. The number of nitrogens with zero attached hydrogens (tertiary/aromatic N) is 1. The van der Waals surface area contributed by atoms with E-state index in [9.17, 15) is 4.79 Å². The Bertz CT molecular complexity index is 488. The van der Waals surface area contributed by atoms with Crippen LogP contribution in [0.2, 0.25) is 0 Å². The summed E-state index contributed by atoms with van der Waals surface area (Å²) in [5.41, 5.74) is 0.994. The van der Waals surface area contributed by atoms with Crippen LogP contribution in [0.1, 0.15) is 31.7 Å². The molecule has 0 aromatic heterocycles. The molecule has 0 saturated carbocycles. The molecule has 2 rings (SSSR count). The van der Waals surface area contributed by atoms with Gasteiger partial charge in [-0.15, -0.1) is 0 Å². The number of rotatable bonds is 6. The molecule has 1 saturated heterocycles. The lowest BCUT2D eigenvalue weighted by Crippen LogP contribution is -2.44. The molecule has 120 valence electrons. The molecule has 0 atom stereocenters. The van der Waals surface area contributed by atoms with Gasteiger partial charge in [0.05, 0.1) is 7.11 Å². The van der Waals surface area contributed by atoms with Gasteiger partial charge in [-0.3, -0.25) is 4.79 Å². The third-order valence-corrected chi connectivity index (χ3v) is 4.02. The van der Waals surface area contributed by atoms with Gasteiger partial charge in [0.1, 0.15) is 5.75 Å². The molecule has 4 heteroatoms. The molecule has 1 amide bonds. The molecule has 1 aliphatic rings. The first-order chi connectivity index (χ1) is 10.7. The van der Waals surface area contributed by atoms with Gasteiger partial charge >= 0.3 is 0 Å². The quantitative estimate of drug-likeness (QED) is 0.822. The first-order valence-electron chi connectivity index (χ1n) is 8.06. The monoisotopic (exact) mass is 302 g/mol. The van der Waals surface area contributed by atoms with Crippen LogP contribution in [0, 0.1) is 0 Å². The average Bonchev–Trinajstić information content (AvgIpc) is 2.55. The smallest absolute Gasteiger partial charge is 0.244 e. The van der Waals surface area contributed by atoms with E-state index in [1.165, 1.54) is 6.42 Å². The maximum absolute atomic E-state index is 12.0. The predicted octanol–water partition coefficient (Wildman–Crippen LogP) is 2.70. The minimum Gasteiger partial charge on any atom is -0.497 e. The normalized spacial score (nSPS) is 16.8. The zero-order chi connectivity index (χ0) is 15.8. The Kier molecular flexibility index (Phi) is 6.46. The molecule has 1 fully saturated rings. The van der Waals surface area contributed by atoms with Gasteiger partial charge in [-0.05, 0) is 49.6 Å². The molecular formula is C18H26N2O2. The lowest BCUT2D eigenvalue weighted by Gasteiger charge is -2.31. The molecular weight excluding hydrogens is 276 g/mol. The van der Waals surface area contributed by atoms with Crippen LogP contribution in [-0.4, -0.2) is 43.6 Å². The zero-order valence-electron chi connectivity index (χ0n) is 13.5. The summed E-state index contributed by atoms with van der Waals surface area (Å²) in [4.78, 5) is 14.4. The maximum atomic E-state index is 12.0. The summed E-state index contributed by atoms with van der Waals surface area (Å²) in [5.74, 6) is 0.810. The summed E-state index contributed by atoms with van der Waals surface area (Å²) in [6.45, 7) is 5.54. The zero-order valence-corrected chi connectivity index (χ0v) is 13.5. The minimum absolute atomic E-state index is 0.00948. The number of benzene rings is 1. The Morgan fingerprint density at radius 2 is 2.00 bits per heavy atom. The van der Waals surface area contributed by atoms with Crippen molar-refractivity contribution in [2.75, 3.05) is 26.7 Å². The molecule has 0 radical (unpaired) electrons. The Balaban J connectivity index is 1.76. The molecule has 0 aliphatic carbocycles. The number of likely N-dealkylation sites (tertiary alicyclic amines) is 1. The Morgan fingerprint density at radius 3 is 2.59 bits per heavy atom. The number of amides is 1. The van der Waals surface area contributed by atoms with Crippen LogP contribution in [-0.2, 0) is 4.79 Å². The van der Waals surface area contributed by atoms with Crippen molar-refractivity contribution in [1.29, 1.82) is 0 Å². The standard InChI is InChI=1S/C18H26N2O2/c1-3-12-20-13-10-16(11-14-20)19-18(21)9-6-15-4-7-17(22-2)8-5-15/h4-9,16H,3,10-14H2,1-2H3,(H,19,21)/b9-6+. The number of hydrogen-bond donors (Lipinski definition) is 1. The molecule has 1 heterocycles. The second kappa shape index (κ2) is 8.59. The number of nitrogens with one attached hydrogen (secondary N) is 1. The maximum Gasteiger partial charge on any atom is 0.244 e. The highest BCUT2D eigenvalue weighted by molar-refractivity contribution is 5.91. The minimum atomic E-state index is -0.00948. The summed E-state index contributed by atoms with van der Waals surface area (Å²) >= 11 is 0. The van der Waals surface area contributed by atoms with Gasteiger partial charge in [-0.25, -0.2) is 0 Å². The molecule has 1 aliphatic heterocycles. The average molecular weight is 302 g/mol. The van der Waals surface area contributed by atoms with Crippen LogP contribution >= 0.6 is 0 Å². The summed E-state index contributed by atoms with van der Waals surface area (Å²) < 4.78 is 5.11. The molecule has 0 unspecified atom stereocenters. The lowest BCUT2D eigenvalue weighted by molar-refractivity contribution is -0.117. The second-order valence-electron chi connectivity index (χ2n) is 5.73. The van der Waals surface area contributed by atoms with Crippen molar-refractivity contribution in [2.24, 2.45) is 0 Å². The van der Waals surface area contributed by atoms with E-state index >= 15 is 0 Å². The van der Waals surface area contributed by atoms with Crippen molar-refractivity contribution in [2.45, 2.75) is 32.2 Å².